The van der Waals surface area contributed by atoms with Crippen molar-refractivity contribution in [3.05, 3.63) is 12.2 Å². The summed E-state index contributed by atoms with van der Waals surface area (Å²) >= 11 is 0. The molecule has 1 aliphatic rings. The third-order valence-corrected chi connectivity index (χ3v) is 3.93. The zero-order chi connectivity index (χ0) is 10.7. The average Bonchev–Trinajstić information content (AvgIpc) is 2.84. The molecular weight excluding hydrogens is 168 g/mol. The SMILES string of the molecule is C=C(C)C1CC1CCC(CC)C(C)C. The second kappa shape index (κ2) is 5.00. The molecule has 1 saturated carbocycles. The lowest BCUT2D eigenvalue weighted by Gasteiger charge is -2.18. The fraction of sp³-hybridized carbons (Fsp3) is 0.857. The van der Waals surface area contributed by atoms with Gasteiger partial charge in [-0.25, -0.2) is 0 Å². The highest BCUT2D eigenvalue weighted by Crippen LogP contribution is 2.47. The highest BCUT2D eigenvalue weighted by atomic mass is 14.4. The Morgan fingerprint density at radius 1 is 1.43 bits per heavy atom. The minimum Gasteiger partial charge on any atom is -0.0999 e. The Balaban J connectivity index is 2.18. The summed E-state index contributed by atoms with van der Waals surface area (Å²) in [4.78, 5) is 0. The molecule has 0 amide bonds. The summed E-state index contributed by atoms with van der Waals surface area (Å²) in [6.45, 7) is 13.3. The lowest BCUT2D eigenvalue weighted by atomic mass is 9.88. The number of rotatable bonds is 6. The molecule has 1 rings (SSSR count). The highest BCUT2D eigenvalue weighted by molar-refractivity contribution is 5.08. The van der Waals surface area contributed by atoms with Gasteiger partial charge in [0.25, 0.3) is 0 Å². The lowest BCUT2D eigenvalue weighted by molar-refractivity contribution is 0.332. The van der Waals surface area contributed by atoms with Gasteiger partial charge in [0.2, 0.25) is 0 Å². The van der Waals surface area contributed by atoms with Crippen LogP contribution in [0.4, 0.5) is 0 Å². The predicted molar refractivity (Wildman–Crippen MR) is 64.3 cm³/mol. The van der Waals surface area contributed by atoms with Crippen LogP contribution in [0.5, 0.6) is 0 Å². The number of hydrogen-bond acceptors (Lipinski definition) is 0. The van der Waals surface area contributed by atoms with Gasteiger partial charge >= 0.3 is 0 Å². The van der Waals surface area contributed by atoms with Crippen LogP contribution in [0.1, 0.15) is 53.4 Å². The van der Waals surface area contributed by atoms with Crippen molar-refractivity contribution in [2.75, 3.05) is 0 Å². The van der Waals surface area contributed by atoms with E-state index in [4.69, 9.17) is 0 Å². The third kappa shape index (κ3) is 3.15. The van der Waals surface area contributed by atoms with Crippen LogP contribution < -0.4 is 0 Å². The van der Waals surface area contributed by atoms with Crippen LogP contribution in [0.15, 0.2) is 12.2 Å². The van der Waals surface area contributed by atoms with Gasteiger partial charge < -0.3 is 0 Å². The standard InChI is InChI=1S/C14H26/c1-6-12(10(2)3)7-8-13-9-14(13)11(4)5/h10,12-14H,4,6-9H2,1-3,5H3. The van der Waals surface area contributed by atoms with Gasteiger partial charge in [0.1, 0.15) is 0 Å². The molecular formula is C14H26. The molecule has 0 nitrogen and oxygen atoms in total. The molecule has 0 spiro atoms. The minimum absolute atomic E-state index is 0.863. The molecule has 0 heteroatoms. The van der Waals surface area contributed by atoms with E-state index in [1.54, 1.807) is 0 Å². The van der Waals surface area contributed by atoms with E-state index in [1.807, 2.05) is 0 Å². The van der Waals surface area contributed by atoms with Crippen LogP contribution in [0.3, 0.4) is 0 Å². The van der Waals surface area contributed by atoms with E-state index in [-0.39, 0.29) is 0 Å². The van der Waals surface area contributed by atoms with E-state index in [0.717, 1.165) is 23.7 Å². The van der Waals surface area contributed by atoms with Crippen LogP contribution in [0.2, 0.25) is 0 Å². The predicted octanol–water partition coefficient (Wildman–Crippen LogP) is 4.66. The lowest BCUT2D eigenvalue weighted by Crippen LogP contribution is -2.07. The molecule has 0 bridgehead atoms. The van der Waals surface area contributed by atoms with Crippen molar-refractivity contribution < 1.29 is 0 Å². The molecule has 82 valence electrons. The first-order valence-electron chi connectivity index (χ1n) is 6.21. The first kappa shape index (κ1) is 11.8. The Kier molecular flexibility index (Phi) is 4.22. The zero-order valence-corrected chi connectivity index (χ0v) is 10.3. The minimum atomic E-state index is 0.863. The van der Waals surface area contributed by atoms with Crippen molar-refractivity contribution in [1.82, 2.24) is 0 Å². The Morgan fingerprint density at radius 2 is 2.07 bits per heavy atom. The molecule has 14 heavy (non-hydrogen) atoms. The molecule has 1 aliphatic carbocycles. The van der Waals surface area contributed by atoms with Crippen LogP contribution in [0, 0.1) is 23.7 Å². The molecule has 3 unspecified atom stereocenters. The van der Waals surface area contributed by atoms with Gasteiger partial charge in [-0.2, -0.15) is 0 Å². The molecule has 1 fully saturated rings. The summed E-state index contributed by atoms with van der Waals surface area (Å²) in [5.74, 6) is 3.67. The summed E-state index contributed by atoms with van der Waals surface area (Å²) in [5, 5.41) is 0. The molecule has 0 N–H and O–H groups in total. The maximum absolute atomic E-state index is 4.05. The normalized spacial score (nSPS) is 27.8. The second-order valence-corrected chi connectivity index (χ2v) is 5.44. The molecule has 0 aromatic carbocycles. The van der Waals surface area contributed by atoms with Crippen LogP contribution in [-0.4, -0.2) is 0 Å². The Bertz CT molecular complexity index is 190. The largest absolute Gasteiger partial charge is 0.0999 e. The fourth-order valence-electron chi connectivity index (χ4n) is 2.61. The maximum atomic E-state index is 4.05. The molecule has 0 aromatic rings. The van der Waals surface area contributed by atoms with Crippen molar-refractivity contribution in [3.63, 3.8) is 0 Å². The Hall–Kier alpha value is -0.260. The van der Waals surface area contributed by atoms with Crippen molar-refractivity contribution in [2.45, 2.75) is 53.4 Å². The first-order chi connectivity index (χ1) is 6.56. The van der Waals surface area contributed by atoms with E-state index in [9.17, 15) is 0 Å². The van der Waals surface area contributed by atoms with Crippen molar-refractivity contribution >= 4 is 0 Å². The van der Waals surface area contributed by atoms with Crippen LogP contribution in [0.25, 0.3) is 0 Å². The quantitative estimate of drug-likeness (QED) is 0.539. The highest BCUT2D eigenvalue weighted by Gasteiger charge is 2.37. The number of hydrogen-bond donors (Lipinski definition) is 0. The van der Waals surface area contributed by atoms with E-state index in [1.165, 1.54) is 31.3 Å². The molecule has 0 aliphatic heterocycles. The van der Waals surface area contributed by atoms with Gasteiger partial charge in [0.05, 0.1) is 0 Å². The molecule has 0 heterocycles. The summed E-state index contributed by atoms with van der Waals surface area (Å²) < 4.78 is 0. The van der Waals surface area contributed by atoms with Crippen molar-refractivity contribution in [1.29, 1.82) is 0 Å². The Morgan fingerprint density at radius 3 is 2.43 bits per heavy atom. The fourth-order valence-corrected chi connectivity index (χ4v) is 2.61. The Labute approximate surface area is 89.8 Å². The van der Waals surface area contributed by atoms with E-state index < -0.39 is 0 Å². The number of allylic oxidation sites excluding steroid dienone is 1. The van der Waals surface area contributed by atoms with Crippen LogP contribution in [-0.2, 0) is 0 Å². The summed E-state index contributed by atoms with van der Waals surface area (Å²) in [7, 11) is 0. The topological polar surface area (TPSA) is 0 Å². The van der Waals surface area contributed by atoms with E-state index in [0.29, 0.717) is 0 Å². The van der Waals surface area contributed by atoms with Gasteiger partial charge in [-0.05, 0) is 49.9 Å². The summed E-state index contributed by atoms with van der Waals surface area (Å²) in [6, 6.07) is 0. The zero-order valence-electron chi connectivity index (χ0n) is 10.3. The molecule has 0 saturated heterocycles. The van der Waals surface area contributed by atoms with Gasteiger partial charge in [-0.15, -0.1) is 0 Å². The first-order valence-corrected chi connectivity index (χ1v) is 6.21. The summed E-state index contributed by atoms with van der Waals surface area (Å²) in [6.07, 6.45) is 5.64. The average molecular weight is 194 g/mol. The molecule has 0 aromatic heterocycles. The van der Waals surface area contributed by atoms with E-state index >= 15 is 0 Å². The van der Waals surface area contributed by atoms with E-state index in [2.05, 4.69) is 34.3 Å². The second-order valence-electron chi connectivity index (χ2n) is 5.44. The van der Waals surface area contributed by atoms with Crippen molar-refractivity contribution in [2.24, 2.45) is 23.7 Å². The van der Waals surface area contributed by atoms with Crippen molar-refractivity contribution in [3.8, 4) is 0 Å². The monoisotopic (exact) mass is 194 g/mol. The maximum Gasteiger partial charge on any atom is -0.0177 e. The summed E-state index contributed by atoms with van der Waals surface area (Å²) in [5.41, 5.74) is 1.41. The van der Waals surface area contributed by atoms with Gasteiger partial charge in [-0.1, -0.05) is 39.3 Å². The third-order valence-electron chi connectivity index (χ3n) is 3.93. The van der Waals surface area contributed by atoms with Crippen LogP contribution >= 0.6 is 0 Å². The molecule has 0 radical (unpaired) electrons. The van der Waals surface area contributed by atoms with Gasteiger partial charge in [0.15, 0.2) is 0 Å². The molecule has 3 atom stereocenters. The smallest absolute Gasteiger partial charge is 0.0177 e. The van der Waals surface area contributed by atoms with Gasteiger partial charge in [0, 0.05) is 0 Å². The van der Waals surface area contributed by atoms with Gasteiger partial charge in [-0.3, -0.25) is 0 Å².